The van der Waals surface area contributed by atoms with Gasteiger partial charge in [0.1, 0.15) is 18.0 Å². The zero-order chi connectivity index (χ0) is 14.8. The summed E-state index contributed by atoms with van der Waals surface area (Å²) in [7, 11) is 0. The fourth-order valence-corrected chi connectivity index (χ4v) is 4.86. The van der Waals surface area contributed by atoms with Crippen LogP contribution in [0.15, 0.2) is 46.6 Å². The van der Waals surface area contributed by atoms with Crippen LogP contribution in [-0.2, 0) is 22.4 Å². The first-order chi connectivity index (χ1) is 10.7. The maximum absolute atomic E-state index is 11.8. The average molecular weight is 292 g/mol. The molecule has 2 aliphatic carbocycles. The van der Waals surface area contributed by atoms with Crippen molar-refractivity contribution in [1.82, 2.24) is 0 Å². The van der Waals surface area contributed by atoms with Gasteiger partial charge in [-0.2, -0.15) is 0 Å². The normalized spacial score (nSPS) is 32.0. The highest BCUT2D eigenvalue weighted by Crippen LogP contribution is 2.52. The summed E-state index contributed by atoms with van der Waals surface area (Å²) >= 11 is 0. The minimum absolute atomic E-state index is 0.186. The molecule has 0 N–H and O–H groups in total. The fraction of sp³-hybridized carbons (Fsp3) is 0.450. The monoisotopic (exact) mass is 292 g/mol. The van der Waals surface area contributed by atoms with Crippen molar-refractivity contribution in [3.8, 4) is 0 Å². The summed E-state index contributed by atoms with van der Waals surface area (Å²) < 4.78 is 6.37. The van der Waals surface area contributed by atoms with E-state index < -0.39 is 0 Å². The first-order valence-corrected chi connectivity index (χ1v) is 8.38. The van der Waals surface area contributed by atoms with Crippen LogP contribution in [0.2, 0.25) is 0 Å². The third-order valence-electron chi connectivity index (χ3n) is 6.05. The predicted octanol–water partition coefficient (Wildman–Crippen LogP) is 3.55. The number of carbonyl (C=O) groups is 1. The maximum atomic E-state index is 11.8. The molecule has 5 rings (SSSR count). The van der Waals surface area contributed by atoms with Crippen LogP contribution in [0.5, 0.6) is 0 Å². The number of hydrogen-bond donors (Lipinski definition) is 0. The van der Waals surface area contributed by atoms with Crippen molar-refractivity contribution in [1.29, 1.82) is 0 Å². The number of ketones is 1. The molecule has 2 bridgehead atoms. The Kier molecular flexibility index (Phi) is 2.58. The Bertz CT molecular complexity index is 753. The van der Waals surface area contributed by atoms with Crippen LogP contribution in [0.1, 0.15) is 37.3 Å². The highest BCUT2D eigenvalue weighted by molar-refractivity contribution is 5.79. The van der Waals surface area contributed by atoms with E-state index in [1.165, 1.54) is 33.4 Å². The number of carbonyl (C=O) groups excluding carboxylic acids is 1. The van der Waals surface area contributed by atoms with Crippen LogP contribution >= 0.6 is 0 Å². The molecule has 0 aromatic heterocycles. The molecule has 0 radical (unpaired) electrons. The lowest BCUT2D eigenvalue weighted by Crippen LogP contribution is -2.27. The summed E-state index contributed by atoms with van der Waals surface area (Å²) in [5.74, 6) is 0.569. The van der Waals surface area contributed by atoms with Crippen LogP contribution in [-0.4, -0.2) is 18.0 Å². The van der Waals surface area contributed by atoms with E-state index in [1.807, 2.05) is 0 Å². The van der Waals surface area contributed by atoms with Crippen molar-refractivity contribution in [2.24, 2.45) is 5.92 Å². The molecule has 0 saturated heterocycles. The molecule has 2 heteroatoms. The van der Waals surface area contributed by atoms with Gasteiger partial charge in [-0.3, -0.25) is 4.79 Å². The van der Waals surface area contributed by atoms with Crippen molar-refractivity contribution in [3.05, 3.63) is 57.7 Å². The van der Waals surface area contributed by atoms with Crippen LogP contribution in [0.3, 0.4) is 0 Å². The van der Waals surface area contributed by atoms with E-state index in [9.17, 15) is 4.79 Å². The molecule has 3 atom stereocenters. The lowest BCUT2D eigenvalue weighted by atomic mass is 9.70. The zero-order valence-electron chi connectivity index (χ0n) is 12.9. The summed E-state index contributed by atoms with van der Waals surface area (Å²) in [6.45, 7) is 1.74. The molecule has 1 aromatic rings. The van der Waals surface area contributed by atoms with Gasteiger partial charge in [0, 0.05) is 5.92 Å². The Labute approximate surface area is 130 Å². The minimum atomic E-state index is 0.186. The van der Waals surface area contributed by atoms with Crippen molar-refractivity contribution < 1.29 is 9.53 Å². The van der Waals surface area contributed by atoms with Gasteiger partial charge in [0.25, 0.3) is 0 Å². The fourth-order valence-electron chi connectivity index (χ4n) is 4.86. The highest BCUT2D eigenvalue weighted by atomic mass is 16.5. The van der Waals surface area contributed by atoms with Crippen LogP contribution < -0.4 is 0 Å². The Morgan fingerprint density at radius 1 is 1.00 bits per heavy atom. The largest absolute Gasteiger partial charge is 0.357 e. The molecular formula is C20H20O2. The van der Waals surface area contributed by atoms with Gasteiger partial charge in [0.05, 0.1) is 0 Å². The third-order valence-corrected chi connectivity index (χ3v) is 6.05. The van der Waals surface area contributed by atoms with Gasteiger partial charge in [-0.25, -0.2) is 0 Å². The molecule has 1 aromatic carbocycles. The molecule has 22 heavy (non-hydrogen) atoms. The summed E-state index contributed by atoms with van der Waals surface area (Å²) in [6.07, 6.45) is 5.51. The summed E-state index contributed by atoms with van der Waals surface area (Å²) in [5, 5.41) is 0. The Balaban J connectivity index is 1.50. The number of ether oxygens (including phenoxy) is 1. The topological polar surface area (TPSA) is 26.3 Å². The molecule has 1 unspecified atom stereocenters. The lowest BCUT2D eigenvalue weighted by Gasteiger charge is -2.31. The molecule has 0 fully saturated rings. The second-order valence-electron chi connectivity index (χ2n) is 7.17. The van der Waals surface area contributed by atoms with E-state index >= 15 is 0 Å². The van der Waals surface area contributed by atoms with E-state index in [4.69, 9.17) is 4.74 Å². The lowest BCUT2D eigenvalue weighted by molar-refractivity contribution is -0.121. The van der Waals surface area contributed by atoms with Crippen LogP contribution in [0.4, 0.5) is 0 Å². The van der Waals surface area contributed by atoms with Crippen molar-refractivity contribution in [3.63, 3.8) is 0 Å². The summed E-state index contributed by atoms with van der Waals surface area (Å²) in [6, 6.07) is 8.78. The molecule has 2 nitrogen and oxygen atoms in total. The molecule has 0 amide bonds. The first kappa shape index (κ1) is 12.8. The maximum Gasteiger partial charge on any atom is 0.133 e. The predicted molar refractivity (Wildman–Crippen MR) is 84.6 cm³/mol. The Morgan fingerprint density at radius 3 is 2.27 bits per heavy atom. The minimum Gasteiger partial charge on any atom is -0.357 e. The number of hydrogen-bond acceptors (Lipinski definition) is 2. The number of fused-ring (bicyclic) bond motifs is 7. The average Bonchev–Trinajstić information content (AvgIpc) is 3.09. The van der Waals surface area contributed by atoms with Gasteiger partial charge in [0.2, 0.25) is 0 Å². The molecule has 112 valence electrons. The molecule has 0 spiro atoms. The molecule has 2 aliphatic heterocycles. The first-order valence-electron chi connectivity index (χ1n) is 8.38. The Morgan fingerprint density at radius 2 is 1.64 bits per heavy atom. The van der Waals surface area contributed by atoms with Crippen LogP contribution in [0, 0.1) is 5.92 Å². The van der Waals surface area contributed by atoms with Crippen molar-refractivity contribution in [2.45, 2.75) is 51.2 Å². The number of Topliss-reactive ketones (excluding diaryl/α,β-unsaturated/α-hetero) is 1. The van der Waals surface area contributed by atoms with Gasteiger partial charge < -0.3 is 4.74 Å². The standard InChI is InChI=1S/C20H20O2/c1-11(21)12-6-7-15-16(8-12)20-18-10-14-5-3-2-4-13(14)9-17(18)19(15)22-20/h2-5,12,19-20H,6-10H2,1H3/t12?,19-,20+/m1/s1. The van der Waals surface area contributed by atoms with E-state index in [1.54, 1.807) is 6.92 Å². The van der Waals surface area contributed by atoms with E-state index in [-0.39, 0.29) is 18.1 Å². The second-order valence-corrected chi connectivity index (χ2v) is 7.17. The SMILES string of the molecule is CC(=O)C1CCC2=C(C1)[C@@H]1O[C@H]2C2=C1Cc1ccccc1C2. The summed E-state index contributed by atoms with van der Waals surface area (Å²) in [5.41, 5.74) is 8.93. The van der Waals surface area contributed by atoms with Crippen molar-refractivity contribution >= 4 is 5.78 Å². The smallest absolute Gasteiger partial charge is 0.133 e. The van der Waals surface area contributed by atoms with Gasteiger partial charge in [0.15, 0.2) is 0 Å². The van der Waals surface area contributed by atoms with Gasteiger partial charge >= 0.3 is 0 Å². The number of rotatable bonds is 1. The third kappa shape index (κ3) is 1.62. The summed E-state index contributed by atoms with van der Waals surface area (Å²) in [4.78, 5) is 11.8. The van der Waals surface area contributed by atoms with Crippen molar-refractivity contribution in [2.75, 3.05) is 0 Å². The molecular weight excluding hydrogens is 272 g/mol. The Hall–Kier alpha value is -1.67. The molecule has 4 aliphatic rings. The van der Waals surface area contributed by atoms with Gasteiger partial charge in [-0.15, -0.1) is 0 Å². The van der Waals surface area contributed by atoms with Crippen LogP contribution in [0.25, 0.3) is 0 Å². The quantitative estimate of drug-likeness (QED) is 0.740. The van der Waals surface area contributed by atoms with E-state index in [2.05, 4.69) is 24.3 Å². The zero-order valence-corrected chi connectivity index (χ0v) is 12.9. The molecule has 2 heterocycles. The van der Waals surface area contributed by atoms with E-state index in [0.717, 1.165) is 32.1 Å². The van der Waals surface area contributed by atoms with Gasteiger partial charge in [-0.05, 0) is 72.4 Å². The van der Waals surface area contributed by atoms with E-state index in [0.29, 0.717) is 5.78 Å². The second kappa shape index (κ2) is 4.42. The van der Waals surface area contributed by atoms with Gasteiger partial charge in [-0.1, -0.05) is 24.3 Å². The number of benzene rings is 1. The molecule has 0 saturated carbocycles. The highest BCUT2D eigenvalue weighted by Gasteiger charge is 2.48.